The van der Waals surface area contributed by atoms with Crippen LogP contribution >= 0.6 is 23.1 Å². The molecule has 0 atom stereocenters. The number of thioether (sulfide) groups is 1. The van der Waals surface area contributed by atoms with Gasteiger partial charge in [-0.1, -0.05) is 11.8 Å². The molecule has 2 amide bonds. The predicted octanol–water partition coefficient (Wildman–Crippen LogP) is 3.16. The largest absolute Gasteiger partial charge is 0.370 e. The van der Waals surface area contributed by atoms with Crippen LogP contribution in [0.15, 0.2) is 28.7 Å². The quantitative estimate of drug-likeness (QED) is 0.470. The number of carbonyl (C=O) groups excluding carboxylic acids is 2. The minimum absolute atomic E-state index is 0.0290. The van der Waals surface area contributed by atoms with Crippen LogP contribution in [-0.4, -0.2) is 37.3 Å². The first-order valence-corrected chi connectivity index (χ1v) is 11.3. The van der Waals surface area contributed by atoms with Crippen LogP contribution in [0.2, 0.25) is 0 Å². The minimum atomic E-state index is -0.595. The molecule has 2 heterocycles. The molecule has 1 aliphatic rings. The van der Waals surface area contributed by atoms with Crippen molar-refractivity contribution >= 4 is 40.0 Å². The number of thiazole rings is 1. The van der Waals surface area contributed by atoms with E-state index < -0.39 is 17.5 Å². The molecule has 0 saturated heterocycles. The molecule has 4 rings (SSSR count). The van der Waals surface area contributed by atoms with Gasteiger partial charge in [0.2, 0.25) is 11.8 Å². The monoisotopic (exact) mass is 464 g/mol. The van der Waals surface area contributed by atoms with Crippen LogP contribution in [0, 0.1) is 11.6 Å². The van der Waals surface area contributed by atoms with Crippen molar-refractivity contribution in [3.8, 4) is 11.3 Å². The number of aromatic nitrogens is 4. The summed E-state index contributed by atoms with van der Waals surface area (Å²) in [5, 5.41) is 13.4. The molecule has 0 bridgehead atoms. The number of rotatable bonds is 9. The van der Waals surface area contributed by atoms with Crippen molar-refractivity contribution in [2.24, 2.45) is 5.73 Å². The SMILES string of the molecule is NC(=O)CCn1c(SCC(=O)Nc2nc(-c3cc(F)ccc3F)cs2)nnc1C1CC1. The molecule has 0 radical (unpaired) electrons. The molecule has 3 aromatic rings. The van der Waals surface area contributed by atoms with E-state index in [0.29, 0.717) is 17.6 Å². The average molecular weight is 465 g/mol. The van der Waals surface area contributed by atoms with Crippen molar-refractivity contribution < 1.29 is 18.4 Å². The molecule has 12 heteroatoms. The van der Waals surface area contributed by atoms with Gasteiger partial charge in [0.25, 0.3) is 0 Å². The average Bonchev–Trinajstić information content (AvgIpc) is 3.33. The van der Waals surface area contributed by atoms with Gasteiger partial charge in [-0.05, 0) is 31.0 Å². The Balaban J connectivity index is 1.38. The molecule has 3 N–H and O–H groups in total. The summed E-state index contributed by atoms with van der Waals surface area (Å²) in [6.45, 7) is 0.368. The van der Waals surface area contributed by atoms with E-state index in [-0.39, 0.29) is 34.5 Å². The molecule has 1 fully saturated rings. The maximum absolute atomic E-state index is 13.9. The Morgan fingerprint density at radius 3 is 2.84 bits per heavy atom. The highest BCUT2D eigenvalue weighted by atomic mass is 32.2. The van der Waals surface area contributed by atoms with Gasteiger partial charge < -0.3 is 15.6 Å². The lowest BCUT2D eigenvalue weighted by atomic mass is 10.1. The fourth-order valence-corrected chi connectivity index (χ4v) is 4.41. The van der Waals surface area contributed by atoms with E-state index in [2.05, 4.69) is 20.5 Å². The molecule has 2 aromatic heterocycles. The van der Waals surface area contributed by atoms with E-state index >= 15 is 0 Å². The summed E-state index contributed by atoms with van der Waals surface area (Å²) in [6, 6.07) is 3.12. The lowest BCUT2D eigenvalue weighted by Crippen LogP contribution is -2.17. The van der Waals surface area contributed by atoms with Crippen LogP contribution in [0.25, 0.3) is 11.3 Å². The molecule has 0 unspecified atom stereocenters. The highest BCUT2D eigenvalue weighted by Crippen LogP contribution is 2.40. The first-order valence-electron chi connectivity index (χ1n) is 9.45. The van der Waals surface area contributed by atoms with Gasteiger partial charge in [-0.3, -0.25) is 9.59 Å². The van der Waals surface area contributed by atoms with E-state index in [1.807, 2.05) is 4.57 Å². The number of benzene rings is 1. The third-order valence-electron chi connectivity index (χ3n) is 4.56. The predicted molar refractivity (Wildman–Crippen MR) is 113 cm³/mol. The van der Waals surface area contributed by atoms with Crippen molar-refractivity contribution in [3.63, 3.8) is 0 Å². The lowest BCUT2D eigenvalue weighted by molar-refractivity contribution is -0.118. The molecule has 8 nitrogen and oxygen atoms in total. The summed E-state index contributed by atoms with van der Waals surface area (Å²) in [4.78, 5) is 27.7. The Kier molecular flexibility index (Phi) is 6.28. The maximum atomic E-state index is 13.9. The Bertz CT molecular complexity index is 1130. The molecule has 0 aliphatic heterocycles. The summed E-state index contributed by atoms with van der Waals surface area (Å²) in [5.41, 5.74) is 5.53. The first-order chi connectivity index (χ1) is 14.9. The van der Waals surface area contributed by atoms with Crippen molar-refractivity contribution in [2.45, 2.75) is 36.9 Å². The number of anilines is 1. The minimum Gasteiger partial charge on any atom is -0.370 e. The zero-order valence-electron chi connectivity index (χ0n) is 16.2. The Morgan fingerprint density at radius 2 is 2.10 bits per heavy atom. The van der Waals surface area contributed by atoms with Crippen LogP contribution in [-0.2, 0) is 16.1 Å². The fraction of sp³-hybridized carbons (Fsp3) is 0.316. The van der Waals surface area contributed by atoms with Gasteiger partial charge >= 0.3 is 0 Å². The molecule has 1 saturated carbocycles. The number of hydrogen-bond donors (Lipinski definition) is 2. The van der Waals surface area contributed by atoms with E-state index in [4.69, 9.17) is 5.73 Å². The zero-order valence-corrected chi connectivity index (χ0v) is 17.8. The molecule has 1 aromatic carbocycles. The highest BCUT2D eigenvalue weighted by Gasteiger charge is 2.30. The van der Waals surface area contributed by atoms with Gasteiger partial charge in [0.15, 0.2) is 10.3 Å². The standard InChI is InChI=1S/C19H18F2N6O2S2/c20-11-3-4-13(21)12(7-11)14-8-30-18(23-14)24-16(29)9-31-19-26-25-17(10-1-2-10)27(19)6-5-15(22)28/h3-4,7-8,10H,1-2,5-6,9H2,(H2,22,28)(H,23,24,29). The Morgan fingerprint density at radius 1 is 1.29 bits per heavy atom. The molecular weight excluding hydrogens is 446 g/mol. The normalized spacial score (nSPS) is 13.4. The van der Waals surface area contributed by atoms with Gasteiger partial charge in [0.05, 0.1) is 11.4 Å². The van der Waals surface area contributed by atoms with Gasteiger partial charge in [-0.15, -0.1) is 21.5 Å². The number of nitrogens with two attached hydrogens (primary N) is 1. The van der Waals surface area contributed by atoms with Crippen LogP contribution in [0.5, 0.6) is 0 Å². The van der Waals surface area contributed by atoms with Gasteiger partial charge in [0.1, 0.15) is 17.5 Å². The molecule has 1 aliphatic carbocycles. The molecule has 0 spiro atoms. The number of amides is 2. The van der Waals surface area contributed by atoms with Crippen molar-refractivity contribution in [3.05, 3.63) is 41.0 Å². The van der Waals surface area contributed by atoms with Gasteiger partial charge in [-0.2, -0.15) is 0 Å². The van der Waals surface area contributed by atoms with E-state index in [0.717, 1.165) is 48.2 Å². The lowest BCUT2D eigenvalue weighted by Gasteiger charge is -2.08. The topological polar surface area (TPSA) is 116 Å². The Hall–Kier alpha value is -2.86. The molecule has 162 valence electrons. The number of nitrogens with one attached hydrogen (secondary N) is 1. The third-order valence-corrected chi connectivity index (χ3v) is 6.28. The number of nitrogens with zero attached hydrogens (tertiary/aromatic N) is 4. The van der Waals surface area contributed by atoms with Crippen LogP contribution in [0.4, 0.5) is 13.9 Å². The number of halogens is 2. The van der Waals surface area contributed by atoms with Crippen molar-refractivity contribution in [2.75, 3.05) is 11.1 Å². The zero-order chi connectivity index (χ0) is 22.0. The maximum Gasteiger partial charge on any atom is 0.236 e. The third kappa shape index (κ3) is 5.25. The highest BCUT2D eigenvalue weighted by molar-refractivity contribution is 7.99. The summed E-state index contributed by atoms with van der Waals surface area (Å²) < 4.78 is 29.2. The van der Waals surface area contributed by atoms with Gasteiger partial charge in [-0.25, -0.2) is 13.8 Å². The van der Waals surface area contributed by atoms with Crippen molar-refractivity contribution in [1.82, 2.24) is 19.7 Å². The Labute approximate surface area is 184 Å². The fourth-order valence-electron chi connectivity index (χ4n) is 2.92. The summed E-state index contributed by atoms with van der Waals surface area (Å²) in [5.74, 6) is -0.727. The number of primary amides is 1. The van der Waals surface area contributed by atoms with Crippen LogP contribution in [0.3, 0.4) is 0 Å². The second kappa shape index (κ2) is 9.10. The van der Waals surface area contributed by atoms with Gasteiger partial charge in [0, 0.05) is 29.8 Å². The molecule has 31 heavy (non-hydrogen) atoms. The van der Waals surface area contributed by atoms with Crippen LogP contribution in [0.1, 0.15) is 31.0 Å². The first kappa shape index (κ1) is 21.4. The van der Waals surface area contributed by atoms with Crippen molar-refractivity contribution in [1.29, 1.82) is 0 Å². The second-order valence-corrected chi connectivity index (χ2v) is 8.78. The van der Waals surface area contributed by atoms with E-state index in [1.54, 1.807) is 5.38 Å². The smallest absolute Gasteiger partial charge is 0.236 e. The summed E-state index contributed by atoms with van der Waals surface area (Å²) in [6.07, 6.45) is 2.21. The summed E-state index contributed by atoms with van der Waals surface area (Å²) in [7, 11) is 0. The number of carbonyl (C=O) groups is 2. The van der Waals surface area contributed by atoms with E-state index in [9.17, 15) is 18.4 Å². The van der Waals surface area contributed by atoms with E-state index in [1.165, 1.54) is 11.8 Å². The second-order valence-electron chi connectivity index (χ2n) is 6.98. The number of hydrogen-bond acceptors (Lipinski definition) is 7. The van der Waals surface area contributed by atoms with Crippen LogP contribution < -0.4 is 11.1 Å². The molecular formula is C19H18F2N6O2S2. The summed E-state index contributed by atoms with van der Waals surface area (Å²) >= 11 is 2.31.